The summed E-state index contributed by atoms with van der Waals surface area (Å²) in [7, 11) is 0. The predicted octanol–water partition coefficient (Wildman–Crippen LogP) is 3.77. The smallest absolute Gasteiger partial charge is 0.408 e. The third-order valence-electron chi connectivity index (χ3n) is 4.18. The summed E-state index contributed by atoms with van der Waals surface area (Å²) in [5.74, 6) is -1.90. The molecule has 1 aliphatic rings. The number of ether oxygens (including phenoxy) is 2. The molecule has 0 aromatic carbocycles. The normalized spacial score (nSPS) is 17.9. The van der Waals surface area contributed by atoms with Crippen molar-refractivity contribution < 1.29 is 33.8 Å². The second-order valence-electron chi connectivity index (χ2n) is 10.5. The number of ketones is 2. The lowest BCUT2D eigenvalue weighted by atomic mass is 9.73. The Morgan fingerprint density at radius 2 is 1.47 bits per heavy atom. The van der Waals surface area contributed by atoms with Crippen LogP contribution in [0.3, 0.4) is 0 Å². The molecular weight excluding hydrogens is 390 g/mol. The highest BCUT2D eigenvalue weighted by Gasteiger charge is 2.38. The molecule has 1 saturated carbocycles. The molecule has 1 aliphatic carbocycles. The molecule has 1 atom stereocenters. The fraction of sp³-hybridized carbons (Fsp3) is 0.727. The average molecular weight is 426 g/mol. The number of hydrogen-bond donors (Lipinski definition) is 2. The first kappa shape index (κ1) is 25.7. The number of nitrogens with one attached hydrogen (secondary N) is 1. The number of esters is 1. The Balaban J connectivity index is 2.98. The maximum Gasteiger partial charge on any atom is 0.408 e. The second kappa shape index (κ2) is 9.18. The van der Waals surface area contributed by atoms with Gasteiger partial charge in [-0.2, -0.15) is 0 Å². The lowest BCUT2D eigenvalue weighted by molar-refractivity contribution is -0.157. The first-order valence-electron chi connectivity index (χ1n) is 10.1. The summed E-state index contributed by atoms with van der Waals surface area (Å²) in [6.07, 6.45) is -0.703. The van der Waals surface area contributed by atoms with Crippen LogP contribution in [-0.4, -0.2) is 46.0 Å². The molecule has 0 radical (unpaired) electrons. The van der Waals surface area contributed by atoms with Crippen LogP contribution in [0.1, 0.15) is 81.1 Å². The van der Waals surface area contributed by atoms with Crippen molar-refractivity contribution in [2.24, 2.45) is 5.41 Å². The van der Waals surface area contributed by atoms with Crippen molar-refractivity contribution in [1.82, 2.24) is 5.32 Å². The predicted molar refractivity (Wildman–Crippen MR) is 111 cm³/mol. The molecule has 0 aromatic rings. The summed E-state index contributed by atoms with van der Waals surface area (Å²) >= 11 is 0. The van der Waals surface area contributed by atoms with Crippen molar-refractivity contribution in [3.63, 3.8) is 0 Å². The summed E-state index contributed by atoms with van der Waals surface area (Å²) in [6.45, 7) is 13.8. The van der Waals surface area contributed by atoms with Crippen LogP contribution in [0.4, 0.5) is 4.79 Å². The molecule has 2 N–H and O–H groups in total. The lowest BCUT2D eigenvalue weighted by Crippen LogP contribution is -2.46. The van der Waals surface area contributed by atoms with E-state index in [1.165, 1.54) is 0 Å². The van der Waals surface area contributed by atoms with Gasteiger partial charge in [0.15, 0.2) is 11.6 Å². The van der Waals surface area contributed by atoms with Gasteiger partial charge >= 0.3 is 12.1 Å². The minimum Gasteiger partial charge on any atom is -0.511 e. The highest BCUT2D eigenvalue weighted by Crippen LogP contribution is 2.35. The number of aliphatic hydroxyl groups is 1. The van der Waals surface area contributed by atoms with Gasteiger partial charge in [0.25, 0.3) is 0 Å². The standard InChI is InChI=1S/C22H35NO7/c1-20(2,3)29-18(27)13(23-19(28)30-21(4,5)6)9-10-14(24)17-15(25)11-22(7,8)12-16(17)26/h13,24H,9-12H2,1-8H3,(H,23,28)/t13-/m0/s1. The molecule has 1 amide bonds. The van der Waals surface area contributed by atoms with Gasteiger partial charge in [-0.15, -0.1) is 0 Å². The van der Waals surface area contributed by atoms with E-state index in [4.69, 9.17) is 9.47 Å². The quantitative estimate of drug-likeness (QED) is 0.298. The monoisotopic (exact) mass is 425 g/mol. The minimum atomic E-state index is -1.12. The Morgan fingerprint density at radius 3 is 1.90 bits per heavy atom. The van der Waals surface area contributed by atoms with Crippen LogP contribution in [0.25, 0.3) is 0 Å². The maximum atomic E-state index is 12.5. The molecular formula is C22H35NO7. The number of aliphatic hydroxyl groups excluding tert-OH is 1. The molecule has 0 aromatic heterocycles. The Bertz CT molecular complexity index is 714. The first-order valence-corrected chi connectivity index (χ1v) is 10.1. The van der Waals surface area contributed by atoms with Gasteiger partial charge in [-0.3, -0.25) is 9.59 Å². The number of amides is 1. The van der Waals surface area contributed by atoms with Gasteiger partial charge in [0.2, 0.25) is 0 Å². The third kappa shape index (κ3) is 8.55. The summed E-state index contributed by atoms with van der Waals surface area (Å²) in [5, 5.41) is 12.9. The van der Waals surface area contributed by atoms with Crippen molar-refractivity contribution in [2.45, 2.75) is 98.3 Å². The van der Waals surface area contributed by atoms with E-state index in [1.807, 2.05) is 13.8 Å². The maximum absolute atomic E-state index is 12.5. The highest BCUT2D eigenvalue weighted by atomic mass is 16.6. The van der Waals surface area contributed by atoms with Gasteiger partial charge in [0.05, 0.1) is 5.57 Å². The fourth-order valence-electron chi connectivity index (χ4n) is 3.06. The van der Waals surface area contributed by atoms with Crippen LogP contribution in [0.15, 0.2) is 11.3 Å². The molecule has 8 heteroatoms. The number of hydrogen-bond acceptors (Lipinski definition) is 7. The molecule has 1 fully saturated rings. The van der Waals surface area contributed by atoms with Crippen LogP contribution >= 0.6 is 0 Å². The Morgan fingerprint density at radius 1 is 1.00 bits per heavy atom. The minimum absolute atomic E-state index is 0.0621. The molecule has 1 rings (SSSR count). The molecule has 0 aliphatic heterocycles. The summed E-state index contributed by atoms with van der Waals surface area (Å²) < 4.78 is 10.5. The zero-order valence-electron chi connectivity index (χ0n) is 19.3. The number of carbonyl (C=O) groups is 4. The summed E-state index contributed by atoms with van der Waals surface area (Å²) in [5.41, 5.74) is -2.21. The summed E-state index contributed by atoms with van der Waals surface area (Å²) in [4.78, 5) is 49.4. The van der Waals surface area contributed by atoms with E-state index >= 15 is 0 Å². The average Bonchev–Trinajstić information content (AvgIpc) is 2.45. The van der Waals surface area contributed by atoms with E-state index in [0.29, 0.717) is 0 Å². The van der Waals surface area contributed by atoms with Crippen molar-refractivity contribution in [3.8, 4) is 0 Å². The molecule has 0 heterocycles. The van der Waals surface area contributed by atoms with Gasteiger partial charge in [-0.25, -0.2) is 9.59 Å². The second-order valence-corrected chi connectivity index (χ2v) is 10.5. The highest BCUT2D eigenvalue weighted by molar-refractivity contribution is 6.22. The Labute approximate surface area is 178 Å². The Kier molecular flexibility index (Phi) is 7.85. The van der Waals surface area contributed by atoms with Crippen LogP contribution in [0.2, 0.25) is 0 Å². The number of alkyl carbamates (subject to hydrolysis) is 1. The first-order chi connectivity index (χ1) is 13.4. The molecule has 0 spiro atoms. The zero-order chi connectivity index (χ0) is 23.5. The van der Waals surface area contributed by atoms with E-state index < -0.39 is 46.3 Å². The number of rotatable bonds is 5. The topological polar surface area (TPSA) is 119 Å². The van der Waals surface area contributed by atoms with Crippen LogP contribution in [0.5, 0.6) is 0 Å². The van der Waals surface area contributed by atoms with Crippen molar-refractivity contribution >= 4 is 23.6 Å². The number of carbonyl (C=O) groups excluding carboxylic acids is 4. The van der Waals surface area contributed by atoms with Gasteiger partial charge < -0.3 is 19.9 Å². The van der Waals surface area contributed by atoms with Gasteiger partial charge in [-0.05, 0) is 53.4 Å². The van der Waals surface area contributed by atoms with E-state index in [2.05, 4.69) is 5.32 Å². The zero-order valence-corrected chi connectivity index (χ0v) is 19.3. The Hall–Kier alpha value is -2.38. The third-order valence-corrected chi connectivity index (χ3v) is 4.18. The van der Waals surface area contributed by atoms with Crippen LogP contribution < -0.4 is 5.32 Å². The number of Topliss-reactive ketones (excluding diaryl/α,β-unsaturated/α-hetero) is 2. The molecule has 170 valence electrons. The summed E-state index contributed by atoms with van der Waals surface area (Å²) in [6, 6.07) is -1.12. The number of allylic oxidation sites excluding steroid dienone is 2. The van der Waals surface area contributed by atoms with Gasteiger partial charge in [0, 0.05) is 19.3 Å². The molecule has 0 unspecified atom stereocenters. The molecule has 30 heavy (non-hydrogen) atoms. The van der Waals surface area contributed by atoms with Crippen molar-refractivity contribution in [1.29, 1.82) is 0 Å². The van der Waals surface area contributed by atoms with Gasteiger partial charge in [0.1, 0.15) is 23.0 Å². The van der Waals surface area contributed by atoms with E-state index in [1.54, 1.807) is 41.5 Å². The lowest BCUT2D eigenvalue weighted by Gasteiger charge is -2.29. The largest absolute Gasteiger partial charge is 0.511 e. The van der Waals surface area contributed by atoms with E-state index in [9.17, 15) is 24.3 Å². The van der Waals surface area contributed by atoms with Crippen LogP contribution in [-0.2, 0) is 23.9 Å². The van der Waals surface area contributed by atoms with Gasteiger partial charge in [-0.1, -0.05) is 13.8 Å². The van der Waals surface area contributed by atoms with E-state index in [-0.39, 0.29) is 37.0 Å². The SMILES string of the molecule is CC1(C)CC(=O)C(=C(O)CC[C@H](NC(=O)OC(C)(C)C)C(=O)OC(C)(C)C)C(=O)C1. The van der Waals surface area contributed by atoms with Crippen molar-refractivity contribution in [2.75, 3.05) is 0 Å². The molecule has 0 bridgehead atoms. The van der Waals surface area contributed by atoms with Crippen LogP contribution in [0, 0.1) is 5.41 Å². The fourth-order valence-corrected chi connectivity index (χ4v) is 3.06. The molecule has 8 nitrogen and oxygen atoms in total. The van der Waals surface area contributed by atoms with Crippen molar-refractivity contribution in [3.05, 3.63) is 11.3 Å². The van der Waals surface area contributed by atoms with E-state index in [0.717, 1.165) is 0 Å². The molecule has 0 saturated heterocycles.